The van der Waals surface area contributed by atoms with Gasteiger partial charge < -0.3 is 20.4 Å². The van der Waals surface area contributed by atoms with Gasteiger partial charge in [-0.05, 0) is 31.6 Å². The summed E-state index contributed by atoms with van der Waals surface area (Å²) in [5.41, 5.74) is -1.41. The minimum Gasteiger partial charge on any atom is -0.481 e. The van der Waals surface area contributed by atoms with Gasteiger partial charge in [-0.3, -0.25) is 4.79 Å². The van der Waals surface area contributed by atoms with Crippen LogP contribution < -0.4 is 5.32 Å². The van der Waals surface area contributed by atoms with E-state index in [4.69, 9.17) is 5.11 Å². The second-order valence-corrected chi connectivity index (χ2v) is 6.08. The summed E-state index contributed by atoms with van der Waals surface area (Å²) in [4.78, 5) is 24.3. The standard InChI is InChI=1S/C13H22N2O4/c1-13(19,5-11(16)17)8-14-12(18)15-6-9-3-2-4-10(9)7-15/h9-10,19H,2-8H2,1H3,(H,14,18)(H,16,17). The van der Waals surface area contributed by atoms with Crippen LogP contribution in [0.15, 0.2) is 0 Å². The number of hydrogen-bond acceptors (Lipinski definition) is 3. The van der Waals surface area contributed by atoms with Gasteiger partial charge in [-0.25, -0.2) is 4.79 Å². The van der Waals surface area contributed by atoms with Crippen LogP contribution in [-0.4, -0.2) is 52.3 Å². The largest absolute Gasteiger partial charge is 0.481 e. The number of rotatable bonds is 4. The highest BCUT2D eigenvalue weighted by Crippen LogP contribution is 2.37. The summed E-state index contributed by atoms with van der Waals surface area (Å²) in [6.45, 7) is 2.96. The highest BCUT2D eigenvalue weighted by atomic mass is 16.4. The number of amides is 2. The summed E-state index contributed by atoms with van der Waals surface area (Å²) in [6.07, 6.45) is 3.28. The summed E-state index contributed by atoms with van der Waals surface area (Å²) in [7, 11) is 0. The van der Waals surface area contributed by atoms with Gasteiger partial charge in [0.15, 0.2) is 0 Å². The molecule has 0 spiro atoms. The lowest BCUT2D eigenvalue weighted by molar-refractivity contribution is -0.141. The van der Waals surface area contributed by atoms with Crippen molar-refractivity contribution < 1.29 is 19.8 Å². The van der Waals surface area contributed by atoms with E-state index in [1.54, 1.807) is 4.90 Å². The molecule has 6 nitrogen and oxygen atoms in total. The van der Waals surface area contributed by atoms with E-state index in [1.807, 2.05) is 0 Å². The van der Waals surface area contributed by atoms with Gasteiger partial charge in [0, 0.05) is 19.6 Å². The lowest BCUT2D eigenvalue weighted by Crippen LogP contribution is -2.47. The van der Waals surface area contributed by atoms with Crippen molar-refractivity contribution >= 4 is 12.0 Å². The summed E-state index contributed by atoms with van der Waals surface area (Å²) in [5, 5.41) is 21.1. The van der Waals surface area contributed by atoms with Crippen LogP contribution in [-0.2, 0) is 4.79 Å². The van der Waals surface area contributed by atoms with Gasteiger partial charge in [0.05, 0.1) is 12.0 Å². The molecule has 0 aromatic rings. The molecule has 0 radical (unpaired) electrons. The molecule has 2 rings (SSSR count). The van der Waals surface area contributed by atoms with Gasteiger partial charge in [-0.15, -0.1) is 0 Å². The molecule has 3 N–H and O–H groups in total. The molecule has 6 heteroatoms. The monoisotopic (exact) mass is 270 g/mol. The average molecular weight is 270 g/mol. The van der Waals surface area contributed by atoms with Crippen molar-refractivity contribution in [1.29, 1.82) is 0 Å². The minimum absolute atomic E-state index is 0.0377. The van der Waals surface area contributed by atoms with Crippen molar-refractivity contribution in [2.24, 2.45) is 11.8 Å². The second kappa shape index (κ2) is 5.36. The quantitative estimate of drug-likeness (QED) is 0.700. The van der Waals surface area contributed by atoms with E-state index in [1.165, 1.54) is 26.2 Å². The van der Waals surface area contributed by atoms with Crippen molar-refractivity contribution in [2.45, 2.75) is 38.2 Å². The zero-order valence-electron chi connectivity index (χ0n) is 11.3. The maximum atomic E-state index is 12.0. The smallest absolute Gasteiger partial charge is 0.317 e. The van der Waals surface area contributed by atoms with Crippen molar-refractivity contribution in [3.63, 3.8) is 0 Å². The Balaban J connectivity index is 1.77. The summed E-state index contributed by atoms with van der Waals surface area (Å²) in [5.74, 6) is 0.186. The normalized spacial score (nSPS) is 28.8. The number of carboxylic acids is 1. The second-order valence-electron chi connectivity index (χ2n) is 6.08. The highest BCUT2D eigenvalue weighted by molar-refractivity contribution is 5.75. The first kappa shape index (κ1) is 14.1. The molecule has 0 bridgehead atoms. The third kappa shape index (κ3) is 3.59. The van der Waals surface area contributed by atoms with Gasteiger partial charge in [0.25, 0.3) is 0 Å². The minimum atomic E-state index is -1.41. The average Bonchev–Trinajstić information content (AvgIpc) is 2.83. The topological polar surface area (TPSA) is 89.9 Å². The number of hydrogen-bond donors (Lipinski definition) is 3. The number of likely N-dealkylation sites (tertiary alicyclic amines) is 1. The van der Waals surface area contributed by atoms with Crippen LogP contribution >= 0.6 is 0 Å². The Labute approximate surface area is 112 Å². The third-order valence-corrected chi connectivity index (χ3v) is 4.17. The molecule has 0 aromatic heterocycles. The fraction of sp³-hybridized carbons (Fsp3) is 0.846. The Kier molecular flexibility index (Phi) is 3.99. The van der Waals surface area contributed by atoms with E-state index in [0.717, 1.165) is 13.1 Å². The van der Waals surface area contributed by atoms with Crippen LogP contribution in [0.25, 0.3) is 0 Å². The van der Waals surface area contributed by atoms with Gasteiger partial charge in [-0.2, -0.15) is 0 Å². The molecular weight excluding hydrogens is 248 g/mol. The number of aliphatic hydroxyl groups is 1. The lowest BCUT2D eigenvalue weighted by atomic mass is 10.0. The predicted molar refractivity (Wildman–Crippen MR) is 68.7 cm³/mol. The van der Waals surface area contributed by atoms with Crippen molar-refractivity contribution in [2.75, 3.05) is 19.6 Å². The molecule has 19 heavy (non-hydrogen) atoms. The Bertz CT molecular complexity index is 358. The first-order valence-corrected chi connectivity index (χ1v) is 6.84. The lowest BCUT2D eigenvalue weighted by Gasteiger charge is -2.24. The molecule has 1 aliphatic carbocycles. The van der Waals surface area contributed by atoms with Gasteiger partial charge in [-0.1, -0.05) is 6.42 Å². The highest BCUT2D eigenvalue weighted by Gasteiger charge is 2.38. The fourth-order valence-electron chi connectivity index (χ4n) is 3.17. The predicted octanol–water partition coefficient (Wildman–Crippen LogP) is 0.654. The summed E-state index contributed by atoms with van der Waals surface area (Å²) in [6, 6.07) is -0.194. The first-order valence-electron chi connectivity index (χ1n) is 6.84. The fourth-order valence-corrected chi connectivity index (χ4v) is 3.17. The maximum absolute atomic E-state index is 12.0. The van der Waals surface area contributed by atoms with Gasteiger partial charge >= 0.3 is 12.0 Å². The van der Waals surface area contributed by atoms with Crippen LogP contribution in [0.4, 0.5) is 4.79 Å². The first-order chi connectivity index (χ1) is 8.87. The van der Waals surface area contributed by atoms with Crippen LogP contribution in [0.2, 0.25) is 0 Å². The van der Waals surface area contributed by atoms with Crippen LogP contribution in [0.1, 0.15) is 32.6 Å². The Morgan fingerprint density at radius 3 is 2.42 bits per heavy atom. The number of fused-ring (bicyclic) bond motifs is 1. The van der Waals surface area contributed by atoms with E-state index in [-0.39, 0.29) is 19.0 Å². The van der Waals surface area contributed by atoms with Crippen LogP contribution in [0, 0.1) is 11.8 Å². The molecule has 3 unspecified atom stereocenters. The summed E-state index contributed by atoms with van der Waals surface area (Å²) < 4.78 is 0. The van der Waals surface area contributed by atoms with E-state index >= 15 is 0 Å². The maximum Gasteiger partial charge on any atom is 0.317 e. The molecule has 1 aliphatic heterocycles. The van der Waals surface area contributed by atoms with E-state index in [9.17, 15) is 14.7 Å². The number of urea groups is 1. The van der Waals surface area contributed by atoms with Gasteiger partial charge in [0.1, 0.15) is 0 Å². The number of nitrogens with zero attached hydrogens (tertiary/aromatic N) is 1. The molecule has 1 saturated heterocycles. The van der Waals surface area contributed by atoms with Crippen LogP contribution in [0.5, 0.6) is 0 Å². The number of nitrogens with one attached hydrogen (secondary N) is 1. The van der Waals surface area contributed by atoms with E-state index < -0.39 is 11.6 Å². The number of carboxylic acid groups (broad SMARTS) is 1. The number of aliphatic carboxylic acids is 1. The summed E-state index contributed by atoms with van der Waals surface area (Å²) >= 11 is 0. The van der Waals surface area contributed by atoms with E-state index in [0.29, 0.717) is 11.8 Å². The zero-order valence-corrected chi connectivity index (χ0v) is 11.3. The third-order valence-electron chi connectivity index (χ3n) is 4.17. The van der Waals surface area contributed by atoms with Crippen molar-refractivity contribution in [3.8, 4) is 0 Å². The molecule has 1 heterocycles. The molecular formula is C13H22N2O4. The molecule has 108 valence electrons. The Morgan fingerprint density at radius 2 is 1.89 bits per heavy atom. The Morgan fingerprint density at radius 1 is 1.32 bits per heavy atom. The Hall–Kier alpha value is -1.30. The van der Waals surface area contributed by atoms with Gasteiger partial charge in [0.2, 0.25) is 0 Å². The molecule has 2 fully saturated rings. The van der Waals surface area contributed by atoms with Crippen LogP contribution in [0.3, 0.4) is 0 Å². The molecule has 2 amide bonds. The molecule has 0 aromatic carbocycles. The number of carbonyl (C=O) groups is 2. The van der Waals surface area contributed by atoms with Crippen molar-refractivity contribution in [1.82, 2.24) is 10.2 Å². The zero-order chi connectivity index (χ0) is 14.0. The van der Waals surface area contributed by atoms with E-state index in [2.05, 4.69) is 5.32 Å². The molecule has 1 saturated carbocycles. The number of carbonyl (C=O) groups excluding carboxylic acids is 1. The molecule has 3 atom stereocenters. The molecule has 2 aliphatic rings. The van der Waals surface area contributed by atoms with Crippen molar-refractivity contribution in [3.05, 3.63) is 0 Å². The SMILES string of the molecule is CC(O)(CNC(=O)N1CC2CCCC2C1)CC(=O)O.